The Kier molecular flexibility index (Phi) is 4.97. The predicted octanol–water partition coefficient (Wildman–Crippen LogP) is 7.98. The molecule has 1 nitrogen and oxygen atoms in total. The van der Waals surface area contributed by atoms with Crippen molar-refractivity contribution in [3.63, 3.8) is 0 Å². The van der Waals surface area contributed by atoms with Crippen molar-refractivity contribution >= 4 is 42.8 Å². The molecule has 0 radical (unpaired) electrons. The van der Waals surface area contributed by atoms with Crippen LogP contribution in [0.1, 0.15) is 29.2 Å². The minimum absolute atomic E-state index is 0.899. The van der Waals surface area contributed by atoms with Crippen molar-refractivity contribution in [2.75, 3.05) is 7.05 Å². The maximum atomic E-state index is 4.43. The van der Waals surface area contributed by atoms with Crippen LogP contribution in [0.15, 0.2) is 72.8 Å². The molecule has 0 aliphatic carbocycles. The summed E-state index contributed by atoms with van der Waals surface area (Å²) in [5.74, 6) is 0. The lowest BCUT2D eigenvalue weighted by atomic mass is 9.94. The normalized spacial score (nSPS) is 11.9. The van der Waals surface area contributed by atoms with Gasteiger partial charge in [-0.1, -0.05) is 49.1 Å². The van der Waals surface area contributed by atoms with Gasteiger partial charge in [-0.05, 0) is 72.9 Å². The van der Waals surface area contributed by atoms with E-state index >= 15 is 0 Å². The largest absolute Gasteiger partial charge is 0.288 e. The average molecular weight is 396 g/mol. The first-order valence-electron chi connectivity index (χ1n) is 9.77. The van der Waals surface area contributed by atoms with Gasteiger partial charge in [0.2, 0.25) is 0 Å². The van der Waals surface area contributed by atoms with Gasteiger partial charge in [0.15, 0.2) is 0 Å². The monoisotopic (exact) mass is 395 g/mol. The second-order valence-corrected chi connectivity index (χ2v) is 8.65. The summed E-state index contributed by atoms with van der Waals surface area (Å²) in [4.78, 5) is 4.43. The molecule has 0 bridgehead atoms. The Hall–Kier alpha value is -2.97. The fourth-order valence-electron chi connectivity index (χ4n) is 4.13. The lowest BCUT2D eigenvalue weighted by Gasteiger charge is -2.11. The lowest BCUT2D eigenvalue weighted by Crippen LogP contribution is -2.00. The number of hydrogen-bond acceptors (Lipinski definition) is 2. The second kappa shape index (κ2) is 7.46. The van der Waals surface area contributed by atoms with Gasteiger partial charge in [0.25, 0.3) is 0 Å². The molecule has 0 saturated heterocycles. The van der Waals surface area contributed by atoms with E-state index in [4.69, 9.17) is 0 Å². The van der Waals surface area contributed by atoms with E-state index in [2.05, 4.69) is 80.5 Å². The number of benzene rings is 3. The van der Waals surface area contributed by atoms with Crippen LogP contribution in [-0.4, -0.2) is 12.8 Å². The van der Waals surface area contributed by atoms with E-state index < -0.39 is 0 Å². The molecule has 0 aliphatic heterocycles. The fraction of sp³-hybridized carbons (Fsp3) is 0.148. The van der Waals surface area contributed by atoms with Gasteiger partial charge < -0.3 is 0 Å². The molecule has 4 aromatic rings. The number of fused-ring (bicyclic) bond motifs is 3. The molecule has 1 aromatic heterocycles. The molecule has 0 saturated carbocycles. The van der Waals surface area contributed by atoms with Gasteiger partial charge in [-0.15, -0.1) is 11.3 Å². The molecule has 0 spiro atoms. The van der Waals surface area contributed by atoms with Crippen LogP contribution in [0.3, 0.4) is 0 Å². The smallest absolute Gasteiger partial charge is 0.0643 e. The van der Waals surface area contributed by atoms with Crippen LogP contribution < -0.4 is 0 Å². The van der Waals surface area contributed by atoms with Crippen LogP contribution in [0, 0.1) is 13.8 Å². The van der Waals surface area contributed by atoms with Crippen molar-refractivity contribution in [2.45, 2.75) is 20.8 Å². The molecule has 0 aliphatic rings. The summed E-state index contributed by atoms with van der Waals surface area (Å²) < 4.78 is 2.58. The van der Waals surface area contributed by atoms with Crippen LogP contribution in [0.5, 0.6) is 0 Å². The molecule has 0 unspecified atom stereocenters. The van der Waals surface area contributed by atoms with Gasteiger partial charge in [0, 0.05) is 32.8 Å². The highest BCUT2D eigenvalue weighted by molar-refractivity contribution is 7.25. The van der Waals surface area contributed by atoms with E-state index in [1.807, 2.05) is 31.4 Å². The van der Waals surface area contributed by atoms with E-state index in [9.17, 15) is 0 Å². The van der Waals surface area contributed by atoms with Crippen LogP contribution in [0.25, 0.3) is 36.9 Å². The first-order valence-corrected chi connectivity index (χ1v) is 10.6. The van der Waals surface area contributed by atoms with E-state index in [-0.39, 0.29) is 0 Å². The molecule has 4 rings (SSSR count). The van der Waals surface area contributed by atoms with Crippen molar-refractivity contribution in [2.24, 2.45) is 4.99 Å². The van der Waals surface area contributed by atoms with Gasteiger partial charge in [0.1, 0.15) is 0 Å². The molecular weight excluding hydrogens is 370 g/mol. The van der Waals surface area contributed by atoms with E-state index in [0.29, 0.717) is 0 Å². The highest BCUT2D eigenvalue weighted by Crippen LogP contribution is 2.39. The molecule has 0 fully saturated rings. The zero-order valence-corrected chi connectivity index (χ0v) is 18.3. The van der Waals surface area contributed by atoms with E-state index in [1.165, 1.54) is 42.4 Å². The van der Waals surface area contributed by atoms with Crippen molar-refractivity contribution in [3.05, 3.63) is 90.0 Å². The lowest BCUT2D eigenvalue weighted by molar-refractivity contribution is 1.38. The van der Waals surface area contributed by atoms with Crippen LogP contribution >= 0.6 is 11.3 Å². The molecule has 1 heterocycles. The number of rotatable bonds is 4. The summed E-state index contributed by atoms with van der Waals surface area (Å²) in [6.07, 6.45) is 1.82. The number of nitrogens with zero attached hydrogens (tertiary/aromatic N) is 1. The van der Waals surface area contributed by atoms with Crippen molar-refractivity contribution in [1.82, 2.24) is 0 Å². The molecule has 144 valence electrons. The average Bonchev–Trinajstić information content (AvgIpc) is 3.05. The van der Waals surface area contributed by atoms with Crippen LogP contribution in [0.4, 0.5) is 0 Å². The molecule has 29 heavy (non-hydrogen) atoms. The van der Waals surface area contributed by atoms with E-state index in [0.717, 1.165) is 22.4 Å². The van der Waals surface area contributed by atoms with Crippen LogP contribution in [0.2, 0.25) is 0 Å². The third-order valence-electron chi connectivity index (χ3n) is 5.55. The number of aryl methyl sites for hydroxylation is 2. The Bertz CT molecular complexity index is 1300. The zero-order chi connectivity index (χ0) is 20.7. The molecule has 0 amide bonds. The maximum absolute atomic E-state index is 4.43. The van der Waals surface area contributed by atoms with Gasteiger partial charge in [-0.3, -0.25) is 4.99 Å². The SMILES string of the molecule is C=C/C(=N/C)c1cc2c(cc1C(=C)C)sc1cc(-c3c(C)cccc3C)ccc12. The summed E-state index contributed by atoms with van der Waals surface area (Å²) in [6, 6.07) is 17.8. The Morgan fingerprint density at radius 2 is 1.62 bits per heavy atom. The van der Waals surface area contributed by atoms with Crippen molar-refractivity contribution < 1.29 is 0 Å². The quantitative estimate of drug-likeness (QED) is 0.311. The molecule has 0 atom stereocenters. The summed E-state index contributed by atoms with van der Waals surface area (Å²) >= 11 is 1.84. The number of allylic oxidation sites excluding steroid dienone is 2. The number of thiophene rings is 1. The number of aliphatic imine (C=N–C) groups is 1. The Morgan fingerprint density at radius 3 is 2.24 bits per heavy atom. The third kappa shape index (κ3) is 3.24. The fourth-order valence-corrected chi connectivity index (χ4v) is 5.30. The zero-order valence-electron chi connectivity index (χ0n) is 17.5. The molecule has 0 N–H and O–H groups in total. The van der Waals surface area contributed by atoms with Gasteiger partial charge in [0.05, 0.1) is 5.71 Å². The highest BCUT2D eigenvalue weighted by atomic mass is 32.1. The van der Waals surface area contributed by atoms with Gasteiger partial charge >= 0.3 is 0 Å². The Morgan fingerprint density at radius 1 is 0.931 bits per heavy atom. The topological polar surface area (TPSA) is 12.4 Å². The molecule has 2 heteroatoms. The van der Waals surface area contributed by atoms with Crippen molar-refractivity contribution in [3.8, 4) is 11.1 Å². The summed E-state index contributed by atoms with van der Waals surface area (Å²) in [5, 5.41) is 2.55. The summed E-state index contributed by atoms with van der Waals surface area (Å²) in [5.41, 5.74) is 9.42. The first-order chi connectivity index (χ1) is 13.9. The predicted molar refractivity (Wildman–Crippen MR) is 132 cm³/mol. The summed E-state index contributed by atoms with van der Waals surface area (Å²) in [6.45, 7) is 14.5. The van der Waals surface area contributed by atoms with Crippen molar-refractivity contribution in [1.29, 1.82) is 0 Å². The minimum Gasteiger partial charge on any atom is -0.288 e. The minimum atomic E-state index is 0.899. The second-order valence-electron chi connectivity index (χ2n) is 7.57. The van der Waals surface area contributed by atoms with E-state index in [1.54, 1.807) is 0 Å². The highest BCUT2D eigenvalue weighted by Gasteiger charge is 2.14. The maximum Gasteiger partial charge on any atom is 0.0643 e. The molecular formula is C27H25NS. The van der Waals surface area contributed by atoms with Gasteiger partial charge in [-0.25, -0.2) is 0 Å². The standard InChI is InChI=1S/C27H25NS/c1-7-24(28-6)22-14-23-20-12-11-19(27-17(4)9-8-10-18(27)5)13-25(20)29-26(23)15-21(22)16(2)3/h7-15H,1-2H2,3-6H3/b28-24-. The number of hydrogen-bond donors (Lipinski definition) is 0. The van der Waals surface area contributed by atoms with Crippen LogP contribution in [-0.2, 0) is 0 Å². The molecule has 3 aromatic carbocycles. The Balaban J connectivity index is 2.00. The Labute approximate surface area is 176 Å². The van der Waals surface area contributed by atoms with Gasteiger partial charge in [-0.2, -0.15) is 0 Å². The third-order valence-corrected chi connectivity index (χ3v) is 6.67. The summed E-state index contributed by atoms with van der Waals surface area (Å²) in [7, 11) is 1.81. The first kappa shape index (κ1) is 19.4.